The second kappa shape index (κ2) is 16.0. The number of phenols is 1. The number of rotatable bonds is 11. The predicted molar refractivity (Wildman–Crippen MR) is 160 cm³/mol. The number of carbonyl (C=O) groups is 2. The lowest BCUT2D eigenvalue weighted by Gasteiger charge is -2.44. The molecule has 3 heterocycles. The zero-order chi connectivity index (χ0) is 35.4. The molecule has 1 aliphatic carbocycles. The summed E-state index contributed by atoms with van der Waals surface area (Å²) in [6, 6.07) is 5.98. The Hall–Kier alpha value is -3.46. The molecule has 2 fully saturated rings. The van der Waals surface area contributed by atoms with Gasteiger partial charge in [-0.2, -0.15) is 0 Å². The highest BCUT2D eigenvalue weighted by molar-refractivity contribution is 5.89. The standard InChI is InChI=1S/C32H40O17/c1-43-29(42)18-11-45-30(22-15(10-33)5-8-17(18)22)49-32-28(41)26(39)24(37)20(48-32)13-46-31-27(40)25(38)23(36)19(47-31)12-44-21(35)9-4-14-2-6-16(34)7-3-14/h2-7,9,11,17,19-20,22-28,30-34,36-41H,8,10,12-13H2,1H3/b9-4-/t17-,19-,20-,22-,23-,24-,25+,26+,27-,28-,30+,31-,32+/m1/s1. The van der Waals surface area contributed by atoms with Crippen molar-refractivity contribution in [2.24, 2.45) is 11.8 Å². The average Bonchev–Trinajstić information content (AvgIpc) is 3.55. The minimum atomic E-state index is -1.81. The maximum Gasteiger partial charge on any atom is 0.337 e. The van der Waals surface area contributed by atoms with Crippen molar-refractivity contribution >= 4 is 18.0 Å². The van der Waals surface area contributed by atoms with Crippen LogP contribution in [0.15, 0.2) is 53.8 Å². The van der Waals surface area contributed by atoms with Crippen molar-refractivity contribution in [1.29, 1.82) is 0 Å². The van der Waals surface area contributed by atoms with Gasteiger partial charge in [0, 0.05) is 12.0 Å². The second-order valence-electron chi connectivity index (χ2n) is 11.9. The summed E-state index contributed by atoms with van der Waals surface area (Å²) in [5.74, 6) is -2.54. The van der Waals surface area contributed by atoms with Crippen molar-refractivity contribution < 1.29 is 83.6 Å². The molecular weight excluding hydrogens is 656 g/mol. The summed E-state index contributed by atoms with van der Waals surface area (Å²) in [4.78, 5) is 24.5. The number of ether oxygens (including phenoxy) is 7. The van der Waals surface area contributed by atoms with Crippen molar-refractivity contribution in [3.63, 3.8) is 0 Å². The molecule has 49 heavy (non-hydrogen) atoms. The number of hydrogen-bond acceptors (Lipinski definition) is 17. The summed E-state index contributed by atoms with van der Waals surface area (Å²) in [6.07, 6.45) is -12.0. The number of fused-ring (bicyclic) bond motifs is 1. The third-order valence-corrected chi connectivity index (χ3v) is 8.85. The minimum Gasteiger partial charge on any atom is -0.508 e. The van der Waals surface area contributed by atoms with Gasteiger partial charge < -0.3 is 74.0 Å². The van der Waals surface area contributed by atoms with E-state index in [2.05, 4.69) is 0 Å². The molecule has 0 amide bonds. The molecule has 0 spiro atoms. The Morgan fingerprint density at radius 2 is 1.49 bits per heavy atom. The van der Waals surface area contributed by atoms with Gasteiger partial charge in [-0.3, -0.25) is 0 Å². The SMILES string of the molecule is COC(=O)C1=CO[C@@H](O[C@@H]2O[C@H](CO[C@@H]3O[C@H](COC(=O)/C=C\c4ccc(O)cc4)[C@@H](O)[C@H](O)[C@H]3O)[C@@H](O)[C@H](O)[C@H]2O)[C@@H]2C(CO)=CC[C@H]12. The number of aliphatic hydroxyl groups excluding tert-OH is 7. The maximum atomic E-state index is 12.3. The molecule has 270 valence electrons. The summed E-state index contributed by atoms with van der Waals surface area (Å²) in [5.41, 5.74) is 1.32. The van der Waals surface area contributed by atoms with E-state index in [0.29, 0.717) is 17.6 Å². The van der Waals surface area contributed by atoms with Crippen LogP contribution >= 0.6 is 0 Å². The lowest BCUT2D eigenvalue weighted by atomic mass is 9.83. The number of aromatic hydroxyl groups is 1. The van der Waals surface area contributed by atoms with Crippen LogP contribution in [0, 0.1) is 11.8 Å². The first-order valence-corrected chi connectivity index (χ1v) is 15.5. The van der Waals surface area contributed by atoms with E-state index in [1.165, 1.54) is 25.3 Å². The molecule has 1 aromatic rings. The Kier molecular flexibility index (Phi) is 12.1. The molecule has 13 atom stereocenters. The lowest BCUT2D eigenvalue weighted by molar-refractivity contribution is -0.352. The molecule has 0 bridgehead atoms. The molecule has 3 aliphatic heterocycles. The molecule has 0 radical (unpaired) electrons. The fraction of sp³-hybridized carbons (Fsp3) is 0.562. The molecule has 2 saturated heterocycles. The van der Waals surface area contributed by atoms with Crippen molar-refractivity contribution in [2.75, 3.05) is 26.9 Å². The zero-order valence-electron chi connectivity index (χ0n) is 26.2. The van der Waals surface area contributed by atoms with Gasteiger partial charge in [0.15, 0.2) is 12.6 Å². The predicted octanol–water partition coefficient (Wildman–Crippen LogP) is -2.43. The first kappa shape index (κ1) is 36.8. The number of esters is 2. The third-order valence-electron chi connectivity index (χ3n) is 8.85. The molecule has 0 saturated carbocycles. The van der Waals surface area contributed by atoms with Gasteiger partial charge in [0.25, 0.3) is 0 Å². The average molecular weight is 697 g/mol. The van der Waals surface area contributed by atoms with Gasteiger partial charge in [0.1, 0.15) is 61.2 Å². The maximum absolute atomic E-state index is 12.3. The van der Waals surface area contributed by atoms with E-state index in [-0.39, 0.29) is 17.9 Å². The van der Waals surface area contributed by atoms with E-state index >= 15 is 0 Å². The first-order valence-electron chi connectivity index (χ1n) is 15.5. The fourth-order valence-electron chi connectivity index (χ4n) is 6.06. The second-order valence-corrected chi connectivity index (χ2v) is 11.9. The number of phenolic OH excluding ortho intramolecular Hbond substituents is 1. The number of aliphatic hydroxyl groups is 7. The van der Waals surface area contributed by atoms with Gasteiger partial charge in [-0.15, -0.1) is 0 Å². The molecule has 17 nitrogen and oxygen atoms in total. The largest absolute Gasteiger partial charge is 0.508 e. The van der Waals surface area contributed by atoms with Crippen LogP contribution in [-0.4, -0.2) is 147 Å². The zero-order valence-corrected chi connectivity index (χ0v) is 26.2. The van der Waals surface area contributed by atoms with E-state index < -0.39 is 105 Å². The van der Waals surface area contributed by atoms with Crippen LogP contribution in [0.3, 0.4) is 0 Å². The Bertz CT molecular complexity index is 1390. The number of carbonyl (C=O) groups excluding carboxylic acids is 2. The van der Waals surface area contributed by atoms with Gasteiger partial charge in [-0.25, -0.2) is 9.59 Å². The molecule has 0 aromatic heterocycles. The molecule has 5 rings (SSSR count). The van der Waals surface area contributed by atoms with Gasteiger partial charge >= 0.3 is 11.9 Å². The van der Waals surface area contributed by atoms with Crippen LogP contribution < -0.4 is 0 Å². The Labute approximate surface area is 279 Å². The topological polar surface area (TPSA) is 261 Å². The highest BCUT2D eigenvalue weighted by Gasteiger charge is 2.51. The first-order chi connectivity index (χ1) is 23.4. The summed E-state index contributed by atoms with van der Waals surface area (Å²) < 4.78 is 38.3. The van der Waals surface area contributed by atoms with Crippen molar-refractivity contribution in [2.45, 2.75) is 74.1 Å². The third kappa shape index (κ3) is 8.13. The van der Waals surface area contributed by atoms with Crippen LogP contribution in [0.2, 0.25) is 0 Å². The van der Waals surface area contributed by atoms with E-state index in [1.54, 1.807) is 18.2 Å². The summed E-state index contributed by atoms with van der Waals surface area (Å²) >= 11 is 0. The summed E-state index contributed by atoms with van der Waals surface area (Å²) in [6.45, 7) is -1.51. The summed E-state index contributed by atoms with van der Waals surface area (Å²) in [7, 11) is 1.22. The van der Waals surface area contributed by atoms with E-state index in [1.807, 2.05) is 0 Å². The lowest BCUT2D eigenvalue weighted by Crippen LogP contribution is -2.62. The number of allylic oxidation sites excluding steroid dienone is 1. The van der Waals surface area contributed by atoms with Crippen LogP contribution in [0.1, 0.15) is 12.0 Å². The number of methoxy groups -OCH3 is 1. The molecule has 17 heteroatoms. The smallest absolute Gasteiger partial charge is 0.337 e. The van der Waals surface area contributed by atoms with Crippen LogP contribution in [0.5, 0.6) is 5.75 Å². The Morgan fingerprint density at radius 3 is 2.14 bits per heavy atom. The normalized spacial score (nSPS) is 37.5. The van der Waals surface area contributed by atoms with Gasteiger partial charge in [-0.1, -0.05) is 18.2 Å². The summed E-state index contributed by atoms with van der Waals surface area (Å²) in [5, 5.41) is 82.6. The Morgan fingerprint density at radius 1 is 0.857 bits per heavy atom. The molecule has 8 N–H and O–H groups in total. The van der Waals surface area contributed by atoms with E-state index in [9.17, 15) is 50.4 Å². The van der Waals surface area contributed by atoms with E-state index in [0.717, 1.165) is 12.3 Å². The molecule has 0 unspecified atom stereocenters. The quantitative estimate of drug-likeness (QED) is 0.0679. The van der Waals surface area contributed by atoms with Crippen molar-refractivity contribution in [1.82, 2.24) is 0 Å². The monoisotopic (exact) mass is 696 g/mol. The van der Waals surface area contributed by atoms with Crippen LogP contribution in [-0.2, 0) is 42.7 Å². The number of hydrogen-bond donors (Lipinski definition) is 8. The van der Waals surface area contributed by atoms with Gasteiger partial charge in [0.05, 0.1) is 38.1 Å². The van der Waals surface area contributed by atoms with Crippen LogP contribution in [0.25, 0.3) is 6.08 Å². The van der Waals surface area contributed by atoms with Crippen LogP contribution in [0.4, 0.5) is 0 Å². The highest BCUT2D eigenvalue weighted by Crippen LogP contribution is 2.44. The highest BCUT2D eigenvalue weighted by atomic mass is 16.8. The Balaban J connectivity index is 1.19. The van der Waals surface area contributed by atoms with Gasteiger partial charge in [0.2, 0.25) is 6.29 Å². The molecule has 4 aliphatic rings. The number of benzene rings is 1. The van der Waals surface area contributed by atoms with Gasteiger partial charge in [-0.05, 0) is 35.8 Å². The molecular formula is C32H40O17. The van der Waals surface area contributed by atoms with Crippen molar-refractivity contribution in [3.8, 4) is 5.75 Å². The molecule has 1 aromatic carbocycles. The van der Waals surface area contributed by atoms with Crippen molar-refractivity contribution in [3.05, 3.63) is 59.4 Å². The van der Waals surface area contributed by atoms with E-state index in [4.69, 9.17) is 33.2 Å². The minimum absolute atomic E-state index is 0.0487. The fourth-order valence-corrected chi connectivity index (χ4v) is 6.06.